The fourth-order valence-corrected chi connectivity index (χ4v) is 5.42. The fourth-order valence-electron chi connectivity index (χ4n) is 5.03. The highest BCUT2D eigenvalue weighted by Gasteiger charge is 2.15. The van der Waals surface area contributed by atoms with Crippen LogP contribution in [0.2, 0.25) is 10.0 Å². The van der Waals surface area contributed by atoms with Gasteiger partial charge in [0.15, 0.2) is 0 Å². The van der Waals surface area contributed by atoms with E-state index in [4.69, 9.17) is 37.4 Å². The molecule has 9 heteroatoms. The molecule has 0 unspecified atom stereocenters. The predicted molar refractivity (Wildman–Crippen MR) is 171 cm³/mol. The normalized spacial score (nSPS) is 19.1. The molecule has 0 spiro atoms. The zero-order chi connectivity index (χ0) is 29.5. The van der Waals surface area contributed by atoms with E-state index in [1.807, 2.05) is 36.4 Å². The molecular formula is C32H50Cl2N4O3. The summed E-state index contributed by atoms with van der Waals surface area (Å²) in [6.07, 6.45) is 0. The minimum absolute atomic E-state index is 0.468. The standard InChI is InChI=1S/C32H50Cl2N4O3/c1-5-35-13-14-36(6-2)16-18-38(8-4)26-28-24-30(34)10-12-32(28)41-22-20-39-19-21-40-31-11-9-29(33)23-27(31)25-37(7-3)17-15-35/h9-12,23-24H,5-8,13-22,25-26H2,1-4H3. The molecular weight excluding hydrogens is 559 g/mol. The molecule has 7 nitrogen and oxygen atoms in total. The molecule has 2 aromatic carbocycles. The summed E-state index contributed by atoms with van der Waals surface area (Å²) in [5.74, 6) is 1.73. The Morgan fingerprint density at radius 3 is 1.27 bits per heavy atom. The van der Waals surface area contributed by atoms with Crippen molar-refractivity contribution in [1.82, 2.24) is 19.6 Å². The molecule has 0 N–H and O–H groups in total. The molecule has 3 rings (SSSR count). The smallest absolute Gasteiger partial charge is 0.124 e. The molecule has 0 amide bonds. The molecule has 0 saturated heterocycles. The highest BCUT2D eigenvalue weighted by molar-refractivity contribution is 6.31. The summed E-state index contributed by atoms with van der Waals surface area (Å²) in [4.78, 5) is 10.0. The monoisotopic (exact) mass is 608 g/mol. The molecule has 0 radical (unpaired) electrons. The Bertz CT molecular complexity index is 949. The maximum atomic E-state index is 6.38. The minimum Gasteiger partial charge on any atom is -0.491 e. The Labute approximate surface area is 258 Å². The first-order chi connectivity index (χ1) is 19.9. The largest absolute Gasteiger partial charge is 0.491 e. The highest BCUT2D eigenvalue weighted by Crippen LogP contribution is 2.26. The lowest BCUT2D eigenvalue weighted by molar-refractivity contribution is 0.0755. The third-order valence-electron chi connectivity index (χ3n) is 7.79. The molecule has 0 atom stereocenters. The van der Waals surface area contributed by atoms with Crippen LogP contribution >= 0.6 is 23.2 Å². The Morgan fingerprint density at radius 2 is 0.902 bits per heavy atom. The van der Waals surface area contributed by atoms with E-state index in [9.17, 15) is 0 Å². The summed E-state index contributed by atoms with van der Waals surface area (Å²) in [6, 6.07) is 11.8. The first-order valence-electron chi connectivity index (χ1n) is 15.2. The minimum atomic E-state index is 0.468. The van der Waals surface area contributed by atoms with E-state index in [-0.39, 0.29) is 0 Å². The van der Waals surface area contributed by atoms with Gasteiger partial charge in [0.05, 0.1) is 13.2 Å². The molecule has 1 aliphatic rings. The molecule has 41 heavy (non-hydrogen) atoms. The van der Waals surface area contributed by atoms with E-state index in [2.05, 4.69) is 47.3 Å². The van der Waals surface area contributed by atoms with Gasteiger partial charge in [-0.2, -0.15) is 0 Å². The summed E-state index contributed by atoms with van der Waals surface area (Å²) in [6.45, 7) is 22.7. The van der Waals surface area contributed by atoms with Crippen LogP contribution < -0.4 is 9.47 Å². The summed E-state index contributed by atoms with van der Waals surface area (Å²) in [7, 11) is 0. The van der Waals surface area contributed by atoms with E-state index < -0.39 is 0 Å². The van der Waals surface area contributed by atoms with Crippen LogP contribution in [0.3, 0.4) is 0 Å². The van der Waals surface area contributed by atoms with Gasteiger partial charge in [-0.05, 0) is 62.6 Å². The van der Waals surface area contributed by atoms with Crippen LogP contribution in [0.15, 0.2) is 36.4 Å². The molecule has 0 fully saturated rings. The number of halogens is 2. The number of likely N-dealkylation sites (N-methyl/N-ethyl adjacent to an activating group) is 4. The van der Waals surface area contributed by atoms with Gasteiger partial charge in [-0.3, -0.25) is 9.80 Å². The molecule has 2 aromatic rings. The van der Waals surface area contributed by atoms with Crippen molar-refractivity contribution in [3.63, 3.8) is 0 Å². The zero-order valence-electron chi connectivity index (χ0n) is 25.5. The molecule has 0 saturated carbocycles. The highest BCUT2D eigenvalue weighted by atomic mass is 35.5. The lowest BCUT2D eigenvalue weighted by Crippen LogP contribution is -2.41. The van der Waals surface area contributed by atoms with Gasteiger partial charge in [0.2, 0.25) is 0 Å². The third kappa shape index (κ3) is 11.9. The van der Waals surface area contributed by atoms with Crippen LogP contribution in [-0.4, -0.2) is 111 Å². The Kier molecular flexibility index (Phi) is 15.6. The van der Waals surface area contributed by atoms with Crippen molar-refractivity contribution >= 4 is 23.2 Å². The van der Waals surface area contributed by atoms with Gasteiger partial charge in [0.1, 0.15) is 24.7 Å². The number of benzene rings is 2. The average Bonchev–Trinajstić information content (AvgIpc) is 2.97. The van der Waals surface area contributed by atoms with Crippen molar-refractivity contribution < 1.29 is 14.2 Å². The van der Waals surface area contributed by atoms with E-state index in [0.717, 1.165) is 111 Å². The number of fused-ring (bicyclic) bond motifs is 2. The van der Waals surface area contributed by atoms with E-state index in [0.29, 0.717) is 26.4 Å². The average molecular weight is 610 g/mol. The second-order valence-electron chi connectivity index (χ2n) is 10.4. The van der Waals surface area contributed by atoms with Crippen LogP contribution in [0.5, 0.6) is 11.5 Å². The lowest BCUT2D eigenvalue weighted by Gasteiger charge is -2.30. The summed E-state index contributed by atoms with van der Waals surface area (Å²) in [5, 5.41) is 1.46. The van der Waals surface area contributed by atoms with Crippen molar-refractivity contribution in [2.45, 2.75) is 40.8 Å². The Balaban J connectivity index is 1.73. The van der Waals surface area contributed by atoms with Gasteiger partial charge in [-0.1, -0.05) is 50.9 Å². The van der Waals surface area contributed by atoms with Crippen molar-refractivity contribution in [1.29, 1.82) is 0 Å². The second kappa shape index (κ2) is 18.9. The number of rotatable bonds is 4. The first-order valence-corrected chi connectivity index (χ1v) is 16.0. The maximum absolute atomic E-state index is 6.38. The molecule has 0 bridgehead atoms. The van der Waals surface area contributed by atoms with Gasteiger partial charge >= 0.3 is 0 Å². The number of hydrogen-bond donors (Lipinski definition) is 0. The molecule has 0 aliphatic carbocycles. The summed E-state index contributed by atoms with van der Waals surface area (Å²) < 4.78 is 18.1. The van der Waals surface area contributed by atoms with Crippen molar-refractivity contribution in [3.05, 3.63) is 57.6 Å². The van der Waals surface area contributed by atoms with E-state index in [1.165, 1.54) is 0 Å². The molecule has 1 heterocycles. The van der Waals surface area contributed by atoms with Crippen LogP contribution in [-0.2, 0) is 17.8 Å². The lowest BCUT2D eigenvalue weighted by atomic mass is 10.2. The SMILES string of the molecule is CCN1CCN(CC)CCN(CC)Cc2cc(Cl)ccc2OCCOCCOc2ccc(Cl)cc2CN(CC)CC1. The third-order valence-corrected chi connectivity index (χ3v) is 8.26. The van der Waals surface area contributed by atoms with Crippen LogP contribution in [0.1, 0.15) is 38.8 Å². The van der Waals surface area contributed by atoms with Crippen LogP contribution in [0.4, 0.5) is 0 Å². The van der Waals surface area contributed by atoms with Crippen molar-refractivity contribution in [2.75, 3.05) is 91.9 Å². The van der Waals surface area contributed by atoms with Crippen LogP contribution in [0.25, 0.3) is 0 Å². The van der Waals surface area contributed by atoms with Gasteiger partial charge < -0.3 is 24.0 Å². The predicted octanol–water partition coefficient (Wildman–Crippen LogP) is 5.77. The first kappa shape index (κ1) is 33.9. The van der Waals surface area contributed by atoms with Crippen LogP contribution in [0, 0.1) is 0 Å². The Morgan fingerprint density at radius 1 is 0.537 bits per heavy atom. The van der Waals surface area contributed by atoms with Crippen molar-refractivity contribution in [2.24, 2.45) is 0 Å². The van der Waals surface area contributed by atoms with Gasteiger partial charge in [0, 0.05) is 73.5 Å². The van der Waals surface area contributed by atoms with E-state index in [1.54, 1.807) is 0 Å². The number of hydrogen-bond acceptors (Lipinski definition) is 7. The summed E-state index contributed by atoms with van der Waals surface area (Å²) in [5.41, 5.74) is 2.22. The van der Waals surface area contributed by atoms with Gasteiger partial charge in [-0.25, -0.2) is 0 Å². The number of nitrogens with zero attached hydrogens (tertiary/aromatic N) is 4. The van der Waals surface area contributed by atoms with Gasteiger partial charge in [-0.15, -0.1) is 0 Å². The molecule has 1 aliphatic heterocycles. The maximum Gasteiger partial charge on any atom is 0.124 e. The van der Waals surface area contributed by atoms with Gasteiger partial charge in [0.25, 0.3) is 0 Å². The topological polar surface area (TPSA) is 40.7 Å². The summed E-state index contributed by atoms with van der Waals surface area (Å²) >= 11 is 12.8. The fraction of sp³-hybridized carbons (Fsp3) is 0.625. The number of ether oxygens (including phenoxy) is 3. The molecule has 230 valence electrons. The second-order valence-corrected chi connectivity index (χ2v) is 11.3. The molecule has 0 aromatic heterocycles. The van der Waals surface area contributed by atoms with Crippen molar-refractivity contribution in [3.8, 4) is 11.5 Å². The zero-order valence-corrected chi connectivity index (χ0v) is 27.1. The Hall–Kier alpha value is -1.58. The van der Waals surface area contributed by atoms with E-state index >= 15 is 0 Å². The quantitative estimate of drug-likeness (QED) is 0.436.